The Morgan fingerprint density at radius 1 is 0.941 bits per heavy atom. The van der Waals surface area contributed by atoms with Crippen LogP contribution in [-0.2, 0) is 0 Å². The van der Waals surface area contributed by atoms with Crippen LogP contribution in [0.25, 0.3) is 10.8 Å². The maximum Gasteiger partial charge on any atom is 0.0443 e. The summed E-state index contributed by atoms with van der Waals surface area (Å²) >= 11 is 0. The molecule has 0 unspecified atom stereocenters. The number of hydrogen-bond acceptors (Lipinski definition) is 1. The Morgan fingerprint density at radius 3 is 2.29 bits per heavy atom. The molecule has 2 aromatic rings. The second kappa shape index (κ2) is 4.40. The maximum absolute atomic E-state index is 2.35. The molecule has 0 fully saturated rings. The fourth-order valence-corrected chi connectivity index (χ4v) is 2.34. The fraction of sp³-hybridized carbons (Fsp3) is 0.375. The largest absolute Gasteiger partial charge is 0.374 e. The summed E-state index contributed by atoms with van der Waals surface area (Å²) in [6.45, 7) is 7.87. The van der Waals surface area contributed by atoms with Crippen LogP contribution in [0.15, 0.2) is 42.5 Å². The summed E-state index contributed by atoms with van der Waals surface area (Å²) in [4.78, 5) is 2.35. The van der Waals surface area contributed by atoms with Crippen LogP contribution in [0.5, 0.6) is 0 Å². The van der Waals surface area contributed by atoms with E-state index in [1.807, 2.05) is 0 Å². The van der Waals surface area contributed by atoms with Crippen molar-refractivity contribution < 1.29 is 0 Å². The molecule has 0 aromatic heterocycles. The van der Waals surface area contributed by atoms with Crippen LogP contribution in [0.2, 0.25) is 0 Å². The van der Waals surface area contributed by atoms with Gasteiger partial charge >= 0.3 is 0 Å². The van der Waals surface area contributed by atoms with Crippen molar-refractivity contribution in [2.75, 3.05) is 18.5 Å². The van der Waals surface area contributed by atoms with E-state index in [1.54, 1.807) is 0 Å². The van der Waals surface area contributed by atoms with Gasteiger partial charge in [0.25, 0.3) is 0 Å². The lowest BCUT2D eigenvalue weighted by atomic mass is 9.95. The predicted octanol–water partition coefficient (Wildman–Crippen LogP) is 4.32. The molecule has 0 aliphatic heterocycles. The van der Waals surface area contributed by atoms with Gasteiger partial charge in [-0.15, -0.1) is 0 Å². The molecular weight excluding hydrogens is 206 g/mol. The van der Waals surface area contributed by atoms with Gasteiger partial charge in [0.2, 0.25) is 0 Å². The summed E-state index contributed by atoms with van der Waals surface area (Å²) in [6, 6.07) is 15.1. The summed E-state index contributed by atoms with van der Waals surface area (Å²) in [5.41, 5.74) is 1.63. The highest BCUT2D eigenvalue weighted by atomic mass is 15.1. The van der Waals surface area contributed by atoms with E-state index in [0.29, 0.717) is 5.41 Å². The van der Waals surface area contributed by atoms with Gasteiger partial charge in [0.05, 0.1) is 0 Å². The van der Waals surface area contributed by atoms with Crippen molar-refractivity contribution in [2.45, 2.75) is 20.8 Å². The third-order valence-corrected chi connectivity index (χ3v) is 2.89. The Kier molecular flexibility index (Phi) is 3.10. The number of rotatable bonds is 2. The minimum atomic E-state index is 0.311. The third kappa shape index (κ3) is 2.79. The zero-order chi connectivity index (χ0) is 12.5. The van der Waals surface area contributed by atoms with Crippen LogP contribution in [0.3, 0.4) is 0 Å². The molecule has 0 bridgehead atoms. The van der Waals surface area contributed by atoms with Gasteiger partial charge in [-0.1, -0.05) is 57.2 Å². The van der Waals surface area contributed by atoms with Crippen molar-refractivity contribution in [3.8, 4) is 0 Å². The van der Waals surface area contributed by atoms with E-state index < -0.39 is 0 Å². The molecule has 1 heteroatoms. The highest BCUT2D eigenvalue weighted by Gasteiger charge is 2.15. The van der Waals surface area contributed by atoms with Gasteiger partial charge in [-0.3, -0.25) is 0 Å². The Morgan fingerprint density at radius 2 is 1.59 bits per heavy atom. The molecule has 0 atom stereocenters. The highest BCUT2D eigenvalue weighted by molar-refractivity contribution is 5.94. The highest BCUT2D eigenvalue weighted by Crippen LogP contribution is 2.28. The Balaban J connectivity index is 2.41. The fourth-order valence-electron chi connectivity index (χ4n) is 2.34. The van der Waals surface area contributed by atoms with Crippen molar-refractivity contribution in [3.63, 3.8) is 0 Å². The lowest BCUT2D eigenvalue weighted by molar-refractivity contribution is 0.419. The van der Waals surface area contributed by atoms with Gasteiger partial charge in [0, 0.05) is 24.7 Å². The molecule has 0 saturated heterocycles. The smallest absolute Gasteiger partial charge is 0.0443 e. The number of fused-ring (bicyclic) bond motifs is 1. The van der Waals surface area contributed by atoms with Gasteiger partial charge in [-0.2, -0.15) is 0 Å². The summed E-state index contributed by atoms with van der Waals surface area (Å²) in [5, 5.41) is 2.65. The molecule has 0 saturated carbocycles. The van der Waals surface area contributed by atoms with Crippen LogP contribution >= 0.6 is 0 Å². The van der Waals surface area contributed by atoms with Gasteiger partial charge in [-0.25, -0.2) is 0 Å². The van der Waals surface area contributed by atoms with E-state index in [2.05, 4.69) is 75.2 Å². The van der Waals surface area contributed by atoms with Crippen molar-refractivity contribution in [1.82, 2.24) is 0 Å². The molecule has 0 amide bonds. The summed E-state index contributed by atoms with van der Waals surface area (Å²) in [5.74, 6) is 0. The standard InChI is InChI=1S/C16H21N/c1-16(2,3)12-17(4)15-11-7-9-13-8-5-6-10-14(13)15/h5-11H,12H2,1-4H3. The van der Waals surface area contributed by atoms with E-state index in [9.17, 15) is 0 Å². The minimum absolute atomic E-state index is 0.311. The lowest BCUT2D eigenvalue weighted by Gasteiger charge is -2.29. The van der Waals surface area contributed by atoms with Crippen LogP contribution in [0, 0.1) is 5.41 Å². The van der Waals surface area contributed by atoms with E-state index in [4.69, 9.17) is 0 Å². The number of anilines is 1. The number of nitrogens with zero attached hydrogens (tertiary/aromatic N) is 1. The van der Waals surface area contributed by atoms with Crippen LogP contribution in [0.1, 0.15) is 20.8 Å². The summed E-state index contributed by atoms with van der Waals surface area (Å²) in [6.07, 6.45) is 0. The monoisotopic (exact) mass is 227 g/mol. The molecule has 90 valence electrons. The van der Waals surface area contributed by atoms with Crippen LogP contribution in [-0.4, -0.2) is 13.6 Å². The average Bonchev–Trinajstić information content (AvgIpc) is 2.26. The van der Waals surface area contributed by atoms with E-state index in [-0.39, 0.29) is 0 Å². The van der Waals surface area contributed by atoms with Crippen molar-refractivity contribution in [1.29, 1.82) is 0 Å². The molecule has 0 aliphatic carbocycles. The first kappa shape index (κ1) is 12.0. The molecule has 0 radical (unpaired) electrons. The Labute approximate surface area is 104 Å². The Bertz CT molecular complexity index is 503. The first-order valence-electron chi connectivity index (χ1n) is 6.16. The van der Waals surface area contributed by atoms with Crippen LogP contribution < -0.4 is 4.90 Å². The first-order chi connectivity index (χ1) is 7.97. The molecule has 2 rings (SSSR count). The van der Waals surface area contributed by atoms with Crippen molar-refractivity contribution in [3.05, 3.63) is 42.5 Å². The predicted molar refractivity (Wildman–Crippen MR) is 76.7 cm³/mol. The lowest BCUT2D eigenvalue weighted by Crippen LogP contribution is -2.29. The van der Waals surface area contributed by atoms with Crippen molar-refractivity contribution in [2.24, 2.45) is 5.41 Å². The third-order valence-electron chi connectivity index (χ3n) is 2.89. The van der Waals surface area contributed by atoms with E-state index in [1.165, 1.54) is 16.5 Å². The van der Waals surface area contributed by atoms with Gasteiger partial charge < -0.3 is 4.90 Å². The second-order valence-electron chi connectivity index (χ2n) is 5.91. The molecule has 0 N–H and O–H groups in total. The first-order valence-corrected chi connectivity index (χ1v) is 6.16. The summed E-state index contributed by atoms with van der Waals surface area (Å²) < 4.78 is 0. The number of benzene rings is 2. The molecule has 0 heterocycles. The van der Waals surface area contributed by atoms with Gasteiger partial charge in [0.1, 0.15) is 0 Å². The zero-order valence-corrected chi connectivity index (χ0v) is 11.2. The van der Waals surface area contributed by atoms with Crippen molar-refractivity contribution >= 4 is 16.5 Å². The Hall–Kier alpha value is -1.50. The average molecular weight is 227 g/mol. The van der Waals surface area contributed by atoms with Gasteiger partial charge in [-0.05, 0) is 16.9 Å². The maximum atomic E-state index is 2.35. The summed E-state index contributed by atoms with van der Waals surface area (Å²) in [7, 11) is 2.17. The SMILES string of the molecule is CN(CC(C)(C)C)c1cccc2ccccc12. The zero-order valence-electron chi connectivity index (χ0n) is 11.2. The van der Waals surface area contributed by atoms with Gasteiger partial charge in [0.15, 0.2) is 0 Å². The van der Waals surface area contributed by atoms with Crippen LogP contribution in [0.4, 0.5) is 5.69 Å². The minimum Gasteiger partial charge on any atom is -0.374 e. The molecule has 0 spiro atoms. The second-order valence-corrected chi connectivity index (χ2v) is 5.91. The number of hydrogen-bond donors (Lipinski definition) is 0. The van der Waals surface area contributed by atoms with E-state index in [0.717, 1.165) is 6.54 Å². The molecule has 17 heavy (non-hydrogen) atoms. The molecule has 1 nitrogen and oxygen atoms in total. The topological polar surface area (TPSA) is 3.24 Å². The molecular formula is C16H21N. The molecule has 2 aromatic carbocycles. The quantitative estimate of drug-likeness (QED) is 0.738. The normalized spacial score (nSPS) is 11.8. The van der Waals surface area contributed by atoms with E-state index >= 15 is 0 Å². The molecule has 0 aliphatic rings.